The Morgan fingerprint density at radius 3 is 1.37 bits per heavy atom. The van der Waals surface area contributed by atoms with Crippen LogP contribution in [0.2, 0.25) is 0 Å². The number of thiophene rings is 1. The van der Waals surface area contributed by atoms with E-state index in [1.54, 1.807) is 0 Å². The molecular weight excluding hydrogens is 767 g/mol. The van der Waals surface area contributed by atoms with Crippen molar-refractivity contribution >= 4 is 53.3 Å². The summed E-state index contributed by atoms with van der Waals surface area (Å²) in [6, 6.07) is 86.5. The zero-order chi connectivity index (χ0) is 41.0. The molecule has 0 fully saturated rings. The molecule has 0 aliphatic rings. The zero-order valence-corrected chi connectivity index (χ0v) is 34.7. The van der Waals surface area contributed by atoms with E-state index in [4.69, 9.17) is 0 Å². The van der Waals surface area contributed by atoms with E-state index in [9.17, 15) is 0 Å². The molecule has 12 rings (SSSR count). The van der Waals surface area contributed by atoms with Gasteiger partial charge in [-0.25, -0.2) is 0 Å². The Kier molecular flexibility index (Phi) is 8.76. The van der Waals surface area contributed by atoms with Crippen LogP contribution < -0.4 is 0 Å². The highest BCUT2D eigenvalue weighted by molar-refractivity contribution is 7.26. The molecule has 0 unspecified atom stereocenters. The summed E-state index contributed by atoms with van der Waals surface area (Å²) in [6.45, 7) is 0. The second kappa shape index (κ2) is 15.0. The van der Waals surface area contributed by atoms with Crippen LogP contribution in [-0.2, 0) is 0 Å². The van der Waals surface area contributed by atoms with Crippen LogP contribution in [0.15, 0.2) is 237 Å². The molecule has 0 saturated heterocycles. The van der Waals surface area contributed by atoms with E-state index in [1.165, 1.54) is 109 Å². The maximum atomic E-state index is 2.42. The van der Waals surface area contributed by atoms with E-state index in [0.29, 0.717) is 0 Å². The van der Waals surface area contributed by atoms with Gasteiger partial charge in [0.05, 0.1) is 11.0 Å². The van der Waals surface area contributed by atoms with Crippen molar-refractivity contribution in [3.63, 3.8) is 0 Å². The quantitative estimate of drug-likeness (QED) is 0.151. The van der Waals surface area contributed by atoms with Crippen LogP contribution in [0.1, 0.15) is 0 Å². The average Bonchev–Trinajstić information content (AvgIpc) is 3.90. The molecule has 10 aromatic carbocycles. The maximum Gasteiger partial charge on any atom is 0.0541 e. The second-order valence-electron chi connectivity index (χ2n) is 16.1. The molecule has 0 radical (unpaired) electrons. The van der Waals surface area contributed by atoms with Gasteiger partial charge in [0.25, 0.3) is 0 Å². The van der Waals surface area contributed by atoms with Crippen molar-refractivity contribution < 1.29 is 0 Å². The Labute approximate surface area is 365 Å². The third kappa shape index (κ3) is 6.32. The van der Waals surface area contributed by atoms with Gasteiger partial charge in [-0.3, -0.25) is 0 Å². The van der Waals surface area contributed by atoms with Crippen LogP contribution in [-0.4, -0.2) is 4.57 Å². The van der Waals surface area contributed by atoms with Crippen molar-refractivity contribution in [3.05, 3.63) is 237 Å². The molecule has 0 aliphatic heterocycles. The molecule has 12 aromatic rings. The van der Waals surface area contributed by atoms with Crippen molar-refractivity contribution in [1.29, 1.82) is 0 Å². The van der Waals surface area contributed by atoms with Crippen LogP contribution in [0.4, 0.5) is 0 Å². The summed E-state index contributed by atoms with van der Waals surface area (Å²) >= 11 is 1.89. The molecule has 62 heavy (non-hydrogen) atoms. The highest BCUT2D eigenvalue weighted by atomic mass is 32.1. The molecule has 0 spiro atoms. The lowest BCUT2D eigenvalue weighted by Crippen LogP contribution is -1.94. The number of hydrogen-bond donors (Lipinski definition) is 0. The minimum absolute atomic E-state index is 1.16. The lowest BCUT2D eigenvalue weighted by atomic mass is 9.94. The van der Waals surface area contributed by atoms with E-state index >= 15 is 0 Å². The number of benzene rings is 10. The van der Waals surface area contributed by atoms with E-state index in [0.717, 1.165) is 5.69 Å². The van der Waals surface area contributed by atoms with Gasteiger partial charge in [0.1, 0.15) is 0 Å². The Hall–Kier alpha value is -7.78. The van der Waals surface area contributed by atoms with Crippen molar-refractivity contribution in [1.82, 2.24) is 4.57 Å². The molecule has 0 atom stereocenters. The van der Waals surface area contributed by atoms with Crippen LogP contribution in [0.3, 0.4) is 0 Å². The first-order valence-electron chi connectivity index (χ1n) is 21.2. The van der Waals surface area contributed by atoms with Gasteiger partial charge in [-0.1, -0.05) is 176 Å². The fourth-order valence-corrected chi connectivity index (χ4v) is 10.6. The third-order valence-electron chi connectivity index (χ3n) is 12.4. The first-order chi connectivity index (χ1) is 30.7. The molecule has 2 aromatic heterocycles. The monoisotopic (exact) mass is 805 g/mol. The fraction of sp³-hybridized carbons (Fsp3) is 0. The lowest BCUT2D eigenvalue weighted by Gasteiger charge is -2.11. The zero-order valence-electron chi connectivity index (χ0n) is 33.9. The molecule has 0 bridgehead atoms. The van der Waals surface area contributed by atoms with Crippen LogP contribution in [0, 0.1) is 0 Å². The van der Waals surface area contributed by atoms with Gasteiger partial charge < -0.3 is 4.57 Å². The molecule has 1 nitrogen and oxygen atoms in total. The predicted octanol–water partition coefficient (Wildman–Crippen LogP) is 17.2. The minimum Gasteiger partial charge on any atom is -0.309 e. The average molecular weight is 806 g/mol. The number of fused-ring (bicyclic) bond motifs is 6. The fourth-order valence-electron chi connectivity index (χ4n) is 9.34. The second-order valence-corrected chi connectivity index (χ2v) is 17.2. The van der Waals surface area contributed by atoms with Crippen molar-refractivity contribution in [3.8, 4) is 72.4 Å². The van der Waals surface area contributed by atoms with Gasteiger partial charge in [-0.15, -0.1) is 11.3 Å². The molecule has 0 N–H and O–H groups in total. The highest BCUT2D eigenvalue weighted by Crippen LogP contribution is 2.43. The summed E-state index contributed by atoms with van der Waals surface area (Å²) in [6.07, 6.45) is 0. The topological polar surface area (TPSA) is 4.93 Å². The number of aromatic nitrogens is 1. The summed E-state index contributed by atoms with van der Waals surface area (Å²) in [7, 11) is 0. The number of para-hydroxylation sites is 1. The van der Waals surface area contributed by atoms with Crippen LogP contribution in [0.5, 0.6) is 0 Å². The molecule has 290 valence electrons. The Morgan fingerprint density at radius 1 is 0.258 bits per heavy atom. The van der Waals surface area contributed by atoms with E-state index in [-0.39, 0.29) is 0 Å². The first kappa shape index (κ1) is 36.1. The summed E-state index contributed by atoms with van der Waals surface area (Å²) < 4.78 is 5.03. The summed E-state index contributed by atoms with van der Waals surface area (Å²) in [5.74, 6) is 0. The first-order valence-corrected chi connectivity index (χ1v) is 22.0. The molecular formula is C60H39NS. The van der Waals surface area contributed by atoms with E-state index in [2.05, 4.69) is 241 Å². The minimum atomic E-state index is 1.16. The lowest BCUT2D eigenvalue weighted by molar-refractivity contribution is 1.18. The largest absolute Gasteiger partial charge is 0.309 e. The van der Waals surface area contributed by atoms with Crippen molar-refractivity contribution in [2.24, 2.45) is 0 Å². The summed E-state index contributed by atoms with van der Waals surface area (Å²) in [4.78, 5) is 0. The van der Waals surface area contributed by atoms with Gasteiger partial charge in [0, 0.05) is 36.6 Å². The van der Waals surface area contributed by atoms with E-state index in [1.807, 2.05) is 11.3 Å². The SMILES string of the molecule is c1ccc(-c2cccc(-c3cccc(-c4cccc(-c5ccc6sc7c(-c8cccc(-n9c%10ccccc%10c%10cc(-c%11ccccc%11)ccc%109)c8)cccc7c6c5)c4)c3)c2)cc1. The van der Waals surface area contributed by atoms with Crippen molar-refractivity contribution in [2.75, 3.05) is 0 Å². The Morgan fingerprint density at radius 2 is 0.710 bits per heavy atom. The molecule has 0 aliphatic carbocycles. The predicted molar refractivity (Wildman–Crippen MR) is 266 cm³/mol. The van der Waals surface area contributed by atoms with E-state index < -0.39 is 0 Å². The number of hydrogen-bond acceptors (Lipinski definition) is 1. The van der Waals surface area contributed by atoms with Gasteiger partial charge in [0.2, 0.25) is 0 Å². The molecule has 2 heterocycles. The Bertz CT molecular complexity index is 3630. The van der Waals surface area contributed by atoms with Crippen LogP contribution in [0.25, 0.3) is 114 Å². The molecule has 0 saturated carbocycles. The van der Waals surface area contributed by atoms with Gasteiger partial charge in [0.15, 0.2) is 0 Å². The van der Waals surface area contributed by atoms with Gasteiger partial charge in [-0.05, 0) is 127 Å². The molecule has 2 heteroatoms. The van der Waals surface area contributed by atoms with Crippen molar-refractivity contribution in [2.45, 2.75) is 0 Å². The molecule has 0 amide bonds. The summed E-state index contributed by atoms with van der Waals surface area (Å²) in [5, 5.41) is 5.11. The third-order valence-corrected chi connectivity index (χ3v) is 13.6. The highest BCUT2D eigenvalue weighted by Gasteiger charge is 2.16. The standard InChI is InChI=1S/C60H39NS/c1-3-14-40(15-4-1)42-18-9-19-43(34-42)44-20-10-21-45(35-44)46-22-11-23-47(36-46)49-31-33-59-56(39-49)54-28-13-27-52(60(54)62-59)50-24-12-25-51(37-50)61-57-29-8-7-26-53(57)55-38-48(30-32-58(55)61)41-16-5-2-6-17-41/h1-39H. The number of rotatable bonds is 7. The smallest absolute Gasteiger partial charge is 0.0541 e. The number of nitrogens with zero attached hydrogens (tertiary/aromatic N) is 1. The van der Waals surface area contributed by atoms with Crippen LogP contribution >= 0.6 is 11.3 Å². The maximum absolute atomic E-state index is 2.42. The van der Waals surface area contributed by atoms with Gasteiger partial charge >= 0.3 is 0 Å². The van der Waals surface area contributed by atoms with Gasteiger partial charge in [-0.2, -0.15) is 0 Å². The normalized spacial score (nSPS) is 11.5. The Balaban J connectivity index is 0.894. The summed E-state index contributed by atoms with van der Waals surface area (Å²) in [5.41, 5.74) is 18.3.